The number of fused-ring (bicyclic) bond motifs is 3. The van der Waals surface area contributed by atoms with E-state index in [0.29, 0.717) is 17.8 Å². The summed E-state index contributed by atoms with van der Waals surface area (Å²) in [5.41, 5.74) is 8.96. The number of aromatic nitrogens is 2. The number of anilines is 1. The molecule has 0 fully saturated rings. The van der Waals surface area contributed by atoms with Crippen LogP contribution in [0.4, 0.5) is 5.95 Å². The number of benzene rings is 2. The zero-order valence-electron chi connectivity index (χ0n) is 15.0. The molecule has 0 spiro atoms. The number of hydrogen-bond donors (Lipinski definition) is 2. The third-order valence-electron chi connectivity index (χ3n) is 4.48. The molecule has 1 atom stereocenters. The van der Waals surface area contributed by atoms with Crippen molar-refractivity contribution in [3.05, 3.63) is 54.1 Å². The van der Waals surface area contributed by atoms with E-state index in [0.717, 1.165) is 35.4 Å². The Balaban J connectivity index is 1.64. The van der Waals surface area contributed by atoms with Crippen molar-refractivity contribution in [3.63, 3.8) is 0 Å². The van der Waals surface area contributed by atoms with Crippen molar-refractivity contribution in [1.29, 1.82) is 0 Å². The van der Waals surface area contributed by atoms with Gasteiger partial charge in [0.1, 0.15) is 5.75 Å². The quantitative estimate of drug-likeness (QED) is 0.735. The van der Waals surface area contributed by atoms with Crippen LogP contribution in [0.3, 0.4) is 0 Å². The summed E-state index contributed by atoms with van der Waals surface area (Å²) >= 11 is 0. The molecule has 0 radical (unpaired) electrons. The van der Waals surface area contributed by atoms with E-state index in [-0.39, 0.29) is 6.17 Å². The number of nitrogens with zero attached hydrogens (tertiary/aromatic N) is 3. The number of rotatable bonds is 5. The lowest BCUT2D eigenvalue weighted by Crippen LogP contribution is -2.31. The smallest absolute Gasteiger partial charge is 0.212 e. The van der Waals surface area contributed by atoms with E-state index in [1.165, 1.54) is 0 Å². The van der Waals surface area contributed by atoms with Gasteiger partial charge in [-0.25, -0.2) is 9.98 Å². The van der Waals surface area contributed by atoms with Crippen molar-refractivity contribution in [2.24, 2.45) is 16.6 Å². The second-order valence-electron chi connectivity index (χ2n) is 6.91. The van der Waals surface area contributed by atoms with Gasteiger partial charge in [0, 0.05) is 0 Å². The third kappa shape index (κ3) is 3.10. The van der Waals surface area contributed by atoms with Crippen molar-refractivity contribution >= 4 is 22.9 Å². The summed E-state index contributed by atoms with van der Waals surface area (Å²) in [5.74, 6) is 2.58. The van der Waals surface area contributed by atoms with Crippen molar-refractivity contribution < 1.29 is 4.74 Å². The van der Waals surface area contributed by atoms with E-state index >= 15 is 0 Å². The molecule has 3 aromatic rings. The maximum Gasteiger partial charge on any atom is 0.212 e. The Morgan fingerprint density at radius 2 is 1.92 bits per heavy atom. The average Bonchev–Trinajstić information content (AvgIpc) is 2.99. The van der Waals surface area contributed by atoms with E-state index in [1.54, 1.807) is 0 Å². The molecule has 0 bridgehead atoms. The van der Waals surface area contributed by atoms with Gasteiger partial charge < -0.3 is 10.5 Å². The van der Waals surface area contributed by atoms with Crippen LogP contribution < -0.4 is 15.8 Å². The van der Waals surface area contributed by atoms with Gasteiger partial charge in [0.05, 0.1) is 17.6 Å². The molecule has 3 N–H and O–H groups in total. The molecule has 0 saturated carbocycles. The molecule has 2 aromatic carbocycles. The highest BCUT2D eigenvalue weighted by atomic mass is 16.5. The zero-order valence-corrected chi connectivity index (χ0v) is 15.0. The molecule has 134 valence electrons. The molecule has 0 unspecified atom stereocenters. The fourth-order valence-electron chi connectivity index (χ4n) is 3.09. The predicted molar refractivity (Wildman–Crippen MR) is 105 cm³/mol. The Morgan fingerprint density at radius 3 is 2.69 bits per heavy atom. The summed E-state index contributed by atoms with van der Waals surface area (Å²) in [5, 5.41) is 3.05. The van der Waals surface area contributed by atoms with Crippen molar-refractivity contribution in [3.8, 4) is 5.75 Å². The SMILES string of the molecule is CC(C)CCOc1ccc([C@H]2N=C(N)Nc3nc4ccccc4n32)cc1. The fourth-order valence-corrected chi connectivity index (χ4v) is 3.09. The molecule has 1 aromatic heterocycles. The first-order chi connectivity index (χ1) is 12.6. The van der Waals surface area contributed by atoms with Crippen LogP contribution in [0.25, 0.3) is 11.0 Å². The van der Waals surface area contributed by atoms with Gasteiger partial charge >= 0.3 is 0 Å². The highest BCUT2D eigenvalue weighted by molar-refractivity contribution is 5.94. The summed E-state index contributed by atoms with van der Waals surface area (Å²) in [4.78, 5) is 9.22. The van der Waals surface area contributed by atoms with Gasteiger partial charge in [0.2, 0.25) is 5.95 Å². The Bertz CT molecular complexity index is 942. The van der Waals surface area contributed by atoms with E-state index in [9.17, 15) is 0 Å². The molecule has 1 aliphatic heterocycles. The van der Waals surface area contributed by atoms with Crippen LogP contribution in [0.15, 0.2) is 53.5 Å². The molecule has 2 heterocycles. The Kier molecular flexibility index (Phi) is 4.24. The third-order valence-corrected chi connectivity index (χ3v) is 4.48. The topological polar surface area (TPSA) is 77.5 Å². The van der Waals surface area contributed by atoms with Gasteiger partial charge in [0.25, 0.3) is 0 Å². The minimum atomic E-state index is -0.247. The van der Waals surface area contributed by atoms with Gasteiger partial charge in [-0.15, -0.1) is 0 Å². The van der Waals surface area contributed by atoms with Crippen LogP contribution in [0.5, 0.6) is 5.75 Å². The molecule has 4 rings (SSSR count). The summed E-state index contributed by atoms with van der Waals surface area (Å²) in [7, 11) is 0. The molecule has 0 aliphatic carbocycles. The summed E-state index contributed by atoms with van der Waals surface area (Å²) in [6.07, 6.45) is 0.796. The molecule has 0 saturated heterocycles. The molecule has 6 heteroatoms. The maximum atomic E-state index is 5.98. The van der Waals surface area contributed by atoms with Gasteiger partial charge in [-0.1, -0.05) is 38.1 Å². The first-order valence-electron chi connectivity index (χ1n) is 8.92. The van der Waals surface area contributed by atoms with Crippen LogP contribution in [-0.4, -0.2) is 22.1 Å². The second-order valence-corrected chi connectivity index (χ2v) is 6.91. The number of imidazole rings is 1. The minimum absolute atomic E-state index is 0.247. The molecular formula is C20H23N5O. The van der Waals surface area contributed by atoms with Gasteiger partial charge in [-0.2, -0.15) is 0 Å². The Morgan fingerprint density at radius 1 is 1.15 bits per heavy atom. The number of hydrogen-bond acceptors (Lipinski definition) is 5. The summed E-state index contributed by atoms with van der Waals surface area (Å²) in [6.45, 7) is 5.11. The van der Waals surface area contributed by atoms with Gasteiger partial charge in [-0.05, 0) is 42.2 Å². The predicted octanol–water partition coefficient (Wildman–Crippen LogP) is 3.75. The number of guanidine groups is 1. The molecule has 6 nitrogen and oxygen atoms in total. The lowest BCUT2D eigenvalue weighted by Gasteiger charge is -2.24. The van der Waals surface area contributed by atoms with Crippen molar-refractivity contribution in [2.75, 3.05) is 11.9 Å². The number of ether oxygens (including phenoxy) is 1. The molecular weight excluding hydrogens is 326 g/mol. The van der Waals surface area contributed by atoms with Crippen molar-refractivity contribution in [1.82, 2.24) is 9.55 Å². The van der Waals surface area contributed by atoms with E-state index in [4.69, 9.17) is 10.5 Å². The molecule has 26 heavy (non-hydrogen) atoms. The molecule has 0 amide bonds. The first-order valence-corrected chi connectivity index (χ1v) is 8.92. The monoisotopic (exact) mass is 349 g/mol. The number of para-hydroxylation sites is 2. The highest BCUT2D eigenvalue weighted by Crippen LogP contribution is 2.32. The zero-order chi connectivity index (χ0) is 18.1. The number of nitrogens with two attached hydrogens (primary N) is 1. The first kappa shape index (κ1) is 16.4. The van der Waals surface area contributed by atoms with E-state index in [2.05, 4.69) is 33.7 Å². The Labute approximate surface area is 152 Å². The lowest BCUT2D eigenvalue weighted by atomic mass is 10.1. The summed E-state index contributed by atoms with van der Waals surface area (Å²) < 4.78 is 7.88. The minimum Gasteiger partial charge on any atom is -0.494 e. The summed E-state index contributed by atoms with van der Waals surface area (Å²) in [6, 6.07) is 16.1. The van der Waals surface area contributed by atoms with Crippen molar-refractivity contribution in [2.45, 2.75) is 26.4 Å². The average molecular weight is 349 g/mol. The van der Waals surface area contributed by atoms with E-state index in [1.807, 2.05) is 48.5 Å². The van der Waals surface area contributed by atoms with Crippen LogP contribution in [0, 0.1) is 5.92 Å². The maximum absolute atomic E-state index is 5.98. The van der Waals surface area contributed by atoms with Crippen LogP contribution in [0.1, 0.15) is 32.0 Å². The Hall–Kier alpha value is -3.02. The number of nitrogens with one attached hydrogen (secondary N) is 1. The second kappa shape index (κ2) is 6.71. The highest BCUT2D eigenvalue weighted by Gasteiger charge is 2.24. The van der Waals surface area contributed by atoms with Crippen LogP contribution >= 0.6 is 0 Å². The van der Waals surface area contributed by atoms with E-state index < -0.39 is 0 Å². The van der Waals surface area contributed by atoms with Crippen LogP contribution in [0.2, 0.25) is 0 Å². The fraction of sp³-hybridized carbons (Fsp3) is 0.300. The van der Waals surface area contributed by atoms with Crippen LogP contribution in [-0.2, 0) is 0 Å². The molecule has 1 aliphatic rings. The van der Waals surface area contributed by atoms with Gasteiger partial charge in [0.15, 0.2) is 12.1 Å². The lowest BCUT2D eigenvalue weighted by molar-refractivity contribution is 0.289. The number of aliphatic imine (C=N–C) groups is 1. The van der Waals surface area contributed by atoms with Gasteiger partial charge in [-0.3, -0.25) is 9.88 Å². The normalized spacial score (nSPS) is 16.3. The standard InChI is InChI=1S/C20H23N5O/c1-13(2)11-12-26-15-9-7-14(8-10-15)18-23-19(21)24-20-22-16-5-3-4-6-17(16)25(18)20/h3-10,13,18H,11-12H2,1-2H3,(H3,21,22,23,24)/t18-/m0/s1. The largest absolute Gasteiger partial charge is 0.494 e.